The number of nitrogens with one attached hydrogen (secondary N) is 1. The van der Waals surface area contributed by atoms with E-state index in [0.29, 0.717) is 13.0 Å². The molecule has 0 aromatic heterocycles. The number of halogens is 3. The third kappa shape index (κ3) is 7.45. The fourth-order valence-corrected chi connectivity index (χ4v) is 2.40. The van der Waals surface area contributed by atoms with Crippen molar-refractivity contribution in [3.63, 3.8) is 0 Å². The van der Waals surface area contributed by atoms with Gasteiger partial charge >= 0.3 is 6.18 Å². The van der Waals surface area contributed by atoms with Crippen LogP contribution in [-0.4, -0.2) is 56.5 Å². The van der Waals surface area contributed by atoms with Gasteiger partial charge in [0.05, 0.1) is 12.0 Å². The van der Waals surface area contributed by atoms with Crippen molar-refractivity contribution < 1.29 is 17.9 Å². The molecule has 0 aliphatic carbocycles. The molecule has 1 N–H and O–H groups in total. The second-order valence-electron chi connectivity index (χ2n) is 5.70. The van der Waals surface area contributed by atoms with Crippen molar-refractivity contribution in [3.8, 4) is 0 Å². The molecule has 1 aliphatic rings. The molecule has 1 fully saturated rings. The maximum atomic E-state index is 12.7. The van der Waals surface area contributed by atoms with Gasteiger partial charge in [0.15, 0.2) is 0 Å². The number of alkyl halides is 3. The number of nitrogens with zero attached hydrogens (tertiary/aromatic N) is 1. The summed E-state index contributed by atoms with van der Waals surface area (Å²) in [6.07, 6.45) is -1.93. The van der Waals surface area contributed by atoms with Gasteiger partial charge in [0.2, 0.25) is 0 Å². The zero-order valence-corrected chi connectivity index (χ0v) is 12.5. The summed E-state index contributed by atoms with van der Waals surface area (Å²) in [5.74, 6) is -1.14. The van der Waals surface area contributed by atoms with Crippen LogP contribution in [0.5, 0.6) is 0 Å². The summed E-state index contributed by atoms with van der Waals surface area (Å²) in [5.41, 5.74) is 0. The predicted molar refractivity (Wildman–Crippen MR) is 73.8 cm³/mol. The lowest BCUT2D eigenvalue weighted by atomic mass is 9.97. The zero-order chi connectivity index (χ0) is 15.0. The molecule has 0 bridgehead atoms. The van der Waals surface area contributed by atoms with Gasteiger partial charge in [-0.05, 0) is 46.2 Å². The van der Waals surface area contributed by atoms with Crippen LogP contribution in [-0.2, 0) is 4.74 Å². The largest absolute Gasteiger partial charge is 0.393 e. The Labute approximate surface area is 119 Å². The van der Waals surface area contributed by atoms with Crippen LogP contribution in [0.15, 0.2) is 0 Å². The summed E-state index contributed by atoms with van der Waals surface area (Å²) < 4.78 is 43.4. The van der Waals surface area contributed by atoms with Crippen LogP contribution < -0.4 is 5.32 Å². The molecular weight excluding hydrogens is 269 g/mol. The van der Waals surface area contributed by atoms with Crippen LogP contribution in [0.2, 0.25) is 0 Å². The monoisotopic (exact) mass is 296 g/mol. The Bertz CT molecular complexity index is 259. The Kier molecular flexibility index (Phi) is 7.84. The summed E-state index contributed by atoms with van der Waals surface area (Å²) in [5, 5.41) is 3.26. The Morgan fingerprint density at radius 3 is 2.70 bits per heavy atom. The molecule has 1 atom stereocenters. The molecule has 0 aromatic rings. The summed E-state index contributed by atoms with van der Waals surface area (Å²) in [6, 6.07) is 0. The minimum Gasteiger partial charge on any atom is -0.379 e. The van der Waals surface area contributed by atoms with Crippen LogP contribution in [0.4, 0.5) is 13.2 Å². The van der Waals surface area contributed by atoms with Crippen molar-refractivity contribution in [3.05, 3.63) is 0 Å². The van der Waals surface area contributed by atoms with E-state index in [1.165, 1.54) is 0 Å². The molecular formula is C14H27F3N2O. The standard InChI is InChI=1S/C14H27F3N2O/c1-12(2)20-10-4-6-18-7-9-19-8-3-5-13(11-19)14(15,16)17/h12-13,18H,3-11H2,1-2H3. The van der Waals surface area contributed by atoms with E-state index in [-0.39, 0.29) is 19.1 Å². The smallest absolute Gasteiger partial charge is 0.379 e. The highest BCUT2D eigenvalue weighted by molar-refractivity contribution is 4.78. The molecule has 0 saturated carbocycles. The van der Waals surface area contributed by atoms with Gasteiger partial charge in [0.25, 0.3) is 0 Å². The summed E-state index contributed by atoms with van der Waals surface area (Å²) in [4.78, 5) is 1.92. The molecule has 0 radical (unpaired) electrons. The van der Waals surface area contributed by atoms with Crippen molar-refractivity contribution in [2.75, 3.05) is 39.3 Å². The molecule has 0 spiro atoms. The summed E-state index contributed by atoms with van der Waals surface area (Å²) >= 11 is 0. The van der Waals surface area contributed by atoms with Gasteiger partial charge in [-0.3, -0.25) is 0 Å². The van der Waals surface area contributed by atoms with Crippen LogP contribution in [0.1, 0.15) is 33.1 Å². The number of hydrogen-bond acceptors (Lipinski definition) is 3. The summed E-state index contributed by atoms with van der Waals surface area (Å²) in [6.45, 7) is 7.95. The van der Waals surface area contributed by atoms with Gasteiger partial charge in [-0.15, -0.1) is 0 Å². The van der Waals surface area contributed by atoms with E-state index in [4.69, 9.17) is 4.74 Å². The topological polar surface area (TPSA) is 24.5 Å². The normalized spacial score (nSPS) is 21.6. The van der Waals surface area contributed by atoms with Crippen molar-refractivity contribution in [1.29, 1.82) is 0 Å². The van der Waals surface area contributed by atoms with Crippen LogP contribution in [0.3, 0.4) is 0 Å². The highest BCUT2D eigenvalue weighted by Gasteiger charge is 2.41. The van der Waals surface area contributed by atoms with Crippen LogP contribution in [0, 0.1) is 5.92 Å². The average molecular weight is 296 g/mol. The van der Waals surface area contributed by atoms with Crippen LogP contribution in [0.25, 0.3) is 0 Å². The fourth-order valence-electron chi connectivity index (χ4n) is 2.40. The average Bonchev–Trinajstić information content (AvgIpc) is 2.36. The second kappa shape index (κ2) is 8.85. The zero-order valence-electron chi connectivity index (χ0n) is 12.5. The van der Waals surface area contributed by atoms with Crippen molar-refractivity contribution in [1.82, 2.24) is 10.2 Å². The van der Waals surface area contributed by atoms with Gasteiger partial charge in [-0.2, -0.15) is 13.2 Å². The van der Waals surface area contributed by atoms with E-state index in [0.717, 1.165) is 32.7 Å². The predicted octanol–water partition coefficient (Wildman–Crippen LogP) is 2.67. The maximum absolute atomic E-state index is 12.7. The van der Waals surface area contributed by atoms with Gasteiger partial charge < -0.3 is 15.0 Å². The minimum atomic E-state index is -4.04. The molecule has 120 valence electrons. The first-order chi connectivity index (χ1) is 9.39. The fraction of sp³-hybridized carbons (Fsp3) is 1.00. The van der Waals surface area contributed by atoms with E-state index in [2.05, 4.69) is 5.32 Å². The molecule has 6 heteroatoms. The van der Waals surface area contributed by atoms with Crippen LogP contribution >= 0.6 is 0 Å². The Balaban J connectivity index is 2.04. The Hall–Kier alpha value is -0.330. The number of hydrogen-bond donors (Lipinski definition) is 1. The molecule has 1 saturated heterocycles. The molecule has 1 aliphatic heterocycles. The van der Waals surface area contributed by atoms with Gasteiger partial charge in [0, 0.05) is 26.2 Å². The first-order valence-corrected chi connectivity index (χ1v) is 7.51. The molecule has 3 nitrogen and oxygen atoms in total. The lowest BCUT2D eigenvalue weighted by Gasteiger charge is -2.33. The van der Waals surface area contributed by atoms with Gasteiger partial charge in [-0.25, -0.2) is 0 Å². The molecule has 20 heavy (non-hydrogen) atoms. The van der Waals surface area contributed by atoms with E-state index in [1.54, 1.807) is 0 Å². The van der Waals surface area contributed by atoms with E-state index in [9.17, 15) is 13.2 Å². The van der Waals surface area contributed by atoms with E-state index >= 15 is 0 Å². The van der Waals surface area contributed by atoms with E-state index in [1.807, 2.05) is 18.7 Å². The Morgan fingerprint density at radius 1 is 1.30 bits per heavy atom. The molecule has 0 amide bonds. The number of likely N-dealkylation sites (tertiary alicyclic amines) is 1. The number of piperidine rings is 1. The first kappa shape index (κ1) is 17.7. The third-order valence-corrected chi connectivity index (χ3v) is 3.52. The van der Waals surface area contributed by atoms with Crippen molar-refractivity contribution in [2.45, 2.75) is 45.4 Å². The second-order valence-corrected chi connectivity index (χ2v) is 5.70. The Morgan fingerprint density at radius 2 is 2.05 bits per heavy atom. The van der Waals surface area contributed by atoms with Crippen molar-refractivity contribution in [2.24, 2.45) is 5.92 Å². The number of rotatable bonds is 8. The van der Waals surface area contributed by atoms with E-state index < -0.39 is 12.1 Å². The summed E-state index contributed by atoms with van der Waals surface area (Å²) in [7, 11) is 0. The quantitative estimate of drug-likeness (QED) is 0.697. The first-order valence-electron chi connectivity index (χ1n) is 7.51. The highest BCUT2D eigenvalue weighted by Crippen LogP contribution is 2.32. The maximum Gasteiger partial charge on any atom is 0.393 e. The highest BCUT2D eigenvalue weighted by atomic mass is 19.4. The molecule has 1 unspecified atom stereocenters. The molecule has 1 rings (SSSR count). The van der Waals surface area contributed by atoms with Crippen molar-refractivity contribution >= 4 is 0 Å². The van der Waals surface area contributed by atoms with Gasteiger partial charge in [0.1, 0.15) is 0 Å². The van der Waals surface area contributed by atoms with Gasteiger partial charge in [-0.1, -0.05) is 0 Å². The third-order valence-electron chi connectivity index (χ3n) is 3.52. The minimum absolute atomic E-state index is 0.154. The molecule has 1 heterocycles. The molecule has 0 aromatic carbocycles. The lowest BCUT2D eigenvalue weighted by Crippen LogP contribution is -2.44. The number of ether oxygens (including phenoxy) is 1. The lowest BCUT2D eigenvalue weighted by molar-refractivity contribution is -0.186. The SMILES string of the molecule is CC(C)OCCCNCCN1CCCC(C(F)(F)F)C1.